The lowest BCUT2D eigenvalue weighted by Gasteiger charge is -2.00. The Morgan fingerprint density at radius 3 is 2.74 bits per heavy atom. The molecule has 1 aromatic heterocycles. The van der Waals surface area contributed by atoms with Crippen molar-refractivity contribution in [3.05, 3.63) is 40.2 Å². The molecular weight excluding hydrogens is 256 g/mol. The van der Waals surface area contributed by atoms with Crippen LogP contribution in [0.4, 0.5) is 0 Å². The molecule has 0 amide bonds. The van der Waals surface area contributed by atoms with Gasteiger partial charge in [0, 0.05) is 30.0 Å². The molecule has 1 heterocycles. The normalized spacial score (nSPS) is 10.8. The highest BCUT2D eigenvalue weighted by Gasteiger charge is 2.12. The van der Waals surface area contributed by atoms with E-state index < -0.39 is 0 Å². The number of thiazole rings is 1. The summed E-state index contributed by atoms with van der Waals surface area (Å²) in [5.41, 5.74) is 2.29. The standard InChI is InChI=1S/C15H20N2OS/c1-3-18-10-9-14-17-15(13(19-14)11-16-2)12-7-5-4-6-8-12/h4-8,16H,3,9-11H2,1-2H3. The monoisotopic (exact) mass is 276 g/mol. The third-order valence-electron chi connectivity index (χ3n) is 2.79. The molecule has 102 valence electrons. The van der Waals surface area contributed by atoms with Crippen LogP contribution in [0.3, 0.4) is 0 Å². The van der Waals surface area contributed by atoms with Crippen molar-refractivity contribution in [3.63, 3.8) is 0 Å². The summed E-state index contributed by atoms with van der Waals surface area (Å²) in [6.07, 6.45) is 0.891. The Morgan fingerprint density at radius 2 is 2.05 bits per heavy atom. The summed E-state index contributed by atoms with van der Waals surface area (Å²) in [4.78, 5) is 6.06. The highest BCUT2D eigenvalue weighted by molar-refractivity contribution is 7.12. The van der Waals surface area contributed by atoms with Crippen molar-refractivity contribution in [3.8, 4) is 11.3 Å². The number of aromatic nitrogens is 1. The molecular formula is C15H20N2OS. The van der Waals surface area contributed by atoms with Crippen molar-refractivity contribution in [1.29, 1.82) is 0 Å². The summed E-state index contributed by atoms with van der Waals surface area (Å²) in [7, 11) is 1.97. The van der Waals surface area contributed by atoms with Crippen LogP contribution in [0.2, 0.25) is 0 Å². The highest BCUT2D eigenvalue weighted by Crippen LogP contribution is 2.28. The molecule has 0 aliphatic carbocycles. The predicted molar refractivity (Wildman–Crippen MR) is 80.5 cm³/mol. The maximum absolute atomic E-state index is 5.40. The Hall–Kier alpha value is -1.23. The molecule has 19 heavy (non-hydrogen) atoms. The summed E-state index contributed by atoms with van der Waals surface area (Å²) in [5.74, 6) is 0. The van der Waals surface area contributed by atoms with Crippen molar-refractivity contribution in [2.24, 2.45) is 0 Å². The van der Waals surface area contributed by atoms with E-state index in [1.165, 1.54) is 10.4 Å². The van der Waals surface area contributed by atoms with Crippen LogP contribution in [0.5, 0.6) is 0 Å². The first-order valence-electron chi connectivity index (χ1n) is 6.61. The Morgan fingerprint density at radius 1 is 1.26 bits per heavy atom. The minimum atomic E-state index is 0.747. The second kappa shape index (κ2) is 7.38. The zero-order chi connectivity index (χ0) is 13.5. The molecule has 2 rings (SSSR count). The van der Waals surface area contributed by atoms with Gasteiger partial charge in [0.25, 0.3) is 0 Å². The molecule has 0 aliphatic heterocycles. The second-order valence-corrected chi connectivity index (χ2v) is 5.39. The average Bonchev–Trinajstić information content (AvgIpc) is 2.84. The lowest BCUT2D eigenvalue weighted by molar-refractivity contribution is 0.151. The van der Waals surface area contributed by atoms with Crippen molar-refractivity contribution in [1.82, 2.24) is 10.3 Å². The summed E-state index contributed by atoms with van der Waals surface area (Å²) in [6.45, 7) is 4.39. The lowest BCUT2D eigenvalue weighted by atomic mass is 10.1. The van der Waals surface area contributed by atoms with Gasteiger partial charge in [0.2, 0.25) is 0 Å². The fourth-order valence-electron chi connectivity index (χ4n) is 1.91. The number of benzene rings is 1. The summed E-state index contributed by atoms with van der Waals surface area (Å²) >= 11 is 1.78. The van der Waals surface area contributed by atoms with E-state index in [1.54, 1.807) is 11.3 Å². The summed E-state index contributed by atoms with van der Waals surface area (Å²) < 4.78 is 5.40. The van der Waals surface area contributed by atoms with Crippen LogP contribution in [0, 0.1) is 0 Å². The van der Waals surface area contributed by atoms with Gasteiger partial charge in [-0.3, -0.25) is 0 Å². The fourth-order valence-corrected chi connectivity index (χ4v) is 3.00. The zero-order valence-corrected chi connectivity index (χ0v) is 12.3. The topological polar surface area (TPSA) is 34.1 Å². The quantitative estimate of drug-likeness (QED) is 0.789. The smallest absolute Gasteiger partial charge is 0.0958 e. The van der Waals surface area contributed by atoms with E-state index in [1.807, 2.05) is 20.0 Å². The largest absolute Gasteiger partial charge is 0.381 e. The van der Waals surface area contributed by atoms with Crippen LogP contribution < -0.4 is 5.32 Å². The van der Waals surface area contributed by atoms with E-state index in [2.05, 4.69) is 29.6 Å². The molecule has 0 saturated heterocycles. The number of nitrogens with zero attached hydrogens (tertiary/aromatic N) is 1. The number of hydrogen-bond acceptors (Lipinski definition) is 4. The molecule has 0 spiro atoms. The SMILES string of the molecule is CCOCCc1nc(-c2ccccc2)c(CNC)s1. The van der Waals surface area contributed by atoms with Gasteiger partial charge in [0.15, 0.2) is 0 Å². The third-order valence-corrected chi connectivity index (χ3v) is 3.91. The van der Waals surface area contributed by atoms with Crippen LogP contribution in [0.25, 0.3) is 11.3 Å². The molecule has 1 aromatic carbocycles. The lowest BCUT2D eigenvalue weighted by Crippen LogP contribution is -2.04. The van der Waals surface area contributed by atoms with Gasteiger partial charge in [-0.15, -0.1) is 11.3 Å². The first kappa shape index (κ1) is 14.2. The van der Waals surface area contributed by atoms with Gasteiger partial charge in [-0.25, -0.2) is 4.98 Å². The number of nitrogens with one attached hydrogen (secondary N) is 1. The minimum absolute atomic E-state index is 0.747. The predicted octanol–water partition coefficient (Wildman–Crippen LogP) is 3.11. The van der Waals surface area contributed by atoms with Gasteiger partial charge >= 0.3 is 0 Å². The molecule has 3 nitrogen and oxygen atoms in total. The van der Waals surface area contributed by atoms with Crippen molar-refractivity contribution in [2.45, 2.75) is 19.9 Å². The zero-order valence-electron chi connectivity index (χ0n) is 11.5. The van der Waals surface area contributed by atoms with Crippen LogP contribution >= 0.6 is 11.3 Å². The molecule has 0 fully saturated rings. The third kappa shape index (κ3) is 3.86. The average molecular weight is 276 g/mol. The number of hydrogen-bond donors (Lipinski definition) is 1. The molecule has 0 unspecified atom stereocenters. The first-order chi connectivity index (χ1) is 9.35. The van der Waals surface area contributed by atoms with E-state index in [-0.39, 0.29) is 0 Å². The van der Waals surface area contributed by atoms with Crippen LogP contribution in [0.1, 0.15) is 16.8 Å². The first-order valence-corrected chi connectivity index (χ1v) is 7.43. The molecule has 0 atom stereocenters. The van der Waals surface area contributed by atoms with Gasteiger partial charge in [0.05, 0.1) is 17.3 Å². The second-order valence-electron chi connectivity index (χ2n) is 4.22. The van der Waals surface area contributed by atoms with Gasteiger partial charge in [-0.2, -0.15) is 0 Å². The van der Waals surface area contributed by atoms with E-state index in [0.717, 1.165) is 36.9 Å². The van der Waals surface area contributed by atoms with Gasteiger partial charge < -0.3 is 10.1 Å². The molecule has 0 aliphatic rings. The van der Waals surface area contributed by atoms with Gasteiger partial charge in [0.1, 0.15) is 0 Å². The summed E-state index contributed by atoms with van der Waals surface area (Å²) in [6, 6.07) is 10.4. The highest BCUT2D eigenvalue weighted by atomic mass is 32.1. The molecule has 0 saturated carbocycles. The van der Waals surface area contributed by atoms with Crippen molar-refractivity contribution < 1.29 is 4.74 Å². The van der Waals surface area contributed by atoms with Crippen molar-refractivity contribution in [2.75, 3.05) is 20.3 Å². The fraction of sp³-hybridized carbons (Fsp3) is 0.400. The maximum atomic E-state index is 5.40. The van der Waals surface area contributed by atoms with Crippen LogP contribution in [-0.4, -0.2) is 25.2 Å². The van der Waals surface area contributed by atoms with Crippen molar-refractivity contribution >= 4 is 11.3 Å². The Kier molecular flexibility index (Phi) is 5.51. The van der Waals surface area contributed by atoms with E-state index >= 15 is 0 Å². The molecule has 0 radical (unpaired) electrons. The Bertz CT molecular complexity index is 496. The number of ether oxygens (including phenoxy) is 1. The molecule has 0 bridgehead atoms. The Balaban J connectivity index is 2.21. The van der Waals surface area contributed by atoms with Crippen LogP contribution in [-0.2, 0) is 17.7 Å². The Labute approximate surface area is 118 Å². The number of rotatable bonds is 7. The van der Waals surface area contributed by atoms with E-state index in [0.29, 0.717) is 0 Å². The maximum Gasteiger partial charge on any atom is 0.0958 e. The minimum Gasteiger partial charge on any atom is -0.381 e. The molecule has 1 N–H and O–H groups in total. The summed E-state index contributed by atoms with van der Waals surface area (Å²) in [5, 5.41) is 4.36. The van der Waals surface area contributed by atoms with Gasteiger partial charge in [-0.1, -0.05) is 30.3 Å². The van der Waals surface area contributed by atoms with E-state index in [9.17, 15) is 0 Å². The van der Waals surface area contributed by atoms with Gasteiger partial charge in [-0.05, 0) is 14.0 Å². The van der Waals surface area contributed by atoms with Crippen LogP contribution in [0.15, 0.2) is 30.3 Å². The molecule has 4 heteroatoms. The van der Waals surface area contributed by atoms with E-state index in [4.69, 9.17) is 9.72 Å². The molecule has 2 aromatic rings.